The summed E-state index contributed by atoms with van der Waals surface area (Å²) in [6, 6.07) is 5.25. The number of alkyl halides is 3. The first-order chi connectivity index (χ1) is 7.76. The van der Waals surface area contributed by atoms with E-state index in [0.717, 1.165) is 6.07 Å². The molecule has 0 unspecified atom stereocenters. The maximum Gasteiger partial charge on any atom is 0.413 e. The highest BCUT2D eigenvalue weighted by Crippen LogP contribution is 2.26. The summed E-state index contributed by atoms with van der Waals surface area (Å²) in [6.07, 6.45) is -4.71. The highest BCUT2D eigenvalue weighted by Gasteiger charge is 2.32. The van der Waals surface area contributed by atoms with Crippen LogP contribution in [0.15, 0.2) is 29.2 Å². The SMILES string of the molecule is COc1ccccc1S(=O)(=O)OCC(F)(F)F. The topological polar surface area (TPSA) is 52.6 Å². The van der Waals surface area contributed by atoms with Gasteiger partial charge >= 0.3 is 16.3 Å². The van der Waals surface area contributed by atoms with E-state index in [-0.39, 0.29) is 5.75 Å². The number of para-hydroxylation sites is 1. The van der Waals surface area contributed by atoms with Crippen LogP contribution in [0.2, 0.25) is 0 Å². The molecule has 1 aromatic carbocycles. The van der Waals surface area contributed by atoms with Crippen LogP contribution in [0.4, 0.5) is 13.2 Å². The van der Waals surface area contributed by atoms with Gasteiger partial charge in [-0.1, -0.05) is 12.1 Å². The van der Waals surface area contributed by atoms with Gasteiger partial charge in [-0.3, -0.25) is 4.18 Å². The Hall–Kier alpha value is -1.28. The molecule has 8 heteroatoms. The molecule has 96 valence electrons. The minimum absolute atomic E-state index is 0.0744. The standard InChI is InChI=1S/C9H9F3O4S/c1-15-7-4-2-3-5-8(7)17(13,14)16-6-9(10,11)12/h2-5H,6H2,1H3. The fraction of sp³-hybridized carbons (Fsp3) is 0.333. The molecule has 0 aliphatic heterocycles. The van der Waals surface area contributed by atoms with Crippen molar-refractivity contribution in [3.05, 3.63) is 24.3 Å². The smallest absolute Gasteiger partial charge is 0.413 e. The molecule has 0 bridgehead atoms. The number of halogens is 3. The summed E-state index contributed by atoms with van der Waals surface area (Å²) in [5.41, 5.74) is 0. The predicted molar refractivity (Wildman–Crippen MR) is 52.2 cm³/mol. The van der Waals surface area contributed by atoms with Crippen LogP contribution in [0.3, 0.4) is 0 Å². The van der Waals surface area contributed by atoms with Crippen molar-refractivity contribution in [3.8, 4) is 5.75 Å². The first-order valence-electron chi connectivity index (χ1n) is 4.35. The third-order valence-corrected chi connectivity index (χ3v) is 3.02. The second-order valence-corrected chi connectivity index (χ2v) is 4.57. The van der Waals surface area contributed by atoms with Gasteiger partial charge in [0.2, 0.25) is 0 Å². The highest BCUT2D eigenvalue weighted by molar-refractivity contribution is 7.86. The number of rotatable bonds is 4. The van der Waals surface area contributed by atoms with Gasteiger partial charge < -0.3 is 4.74 Å². The van der Waals surface area contributed by atoms with Crippen molar-refractivity contribution in [1.82, 2.24) is 0 Å². The second kappa shape index (κ2) is 4.92. The molecule has 0 radical (unpaired) electrons. The molecular formula is C9H9F3O4S. The van der Waals surface area contributed by atoms with Gasteiger partial charge in [0.25, 0.3) is 0 Å². The van der Waals surface area contributed by atoms with Crippen molar-refractivity contribution in [2.45, 2.75) is 11.1 Å². The molecule has 0 N–H and O–H groups in total. The molecule has 0 spiro atoms. The van der Waals surface area contributed by atoms with Crippen LogP contribution in [-0.2, 0) is 14.3 Å². The van der Waals surface area contributed by atoms with Crippen LogP contribution in [0.5, 0.6) is 5.75 Å². The van der Waals surface area contributed by atoms with Crippen LogP contribution in [0.25, 0.3) is 0 Å². The van der Waals surface area contributed by atoms with E-state index >= 15 is 0 Å². The summed E-state index contributed by atoms with van der Waals surface area (Å²) in [5.74, 6) is -0.0744. The maximum atomic E-state index is 11.9. The first kappa shape index (κ1) is 13.8. The predicted octanol–water partition coefficient (Wildman–Crippen LogP) is 1.96. The fourth-order valence-electron chi connectivity index (χ4n) is 1.03. The molecule has 0 saturated carbocycles. The lowest BCUT2D eigenvalue weighted by atomic mass is 10.3. The van der Waals surface area contributed by atoms with Crippen LogP contribution in [0.1, 0.15) is 0 Å². The zero-order valence-electron chi connectivity index (χ0n) is 8.69. The minimum atomic E-state index is -4.71. The molecule has 0 saturated heterocycles. The van der Waals surface area contributed by atoms with E-state index < -0.39 is 27.8 Å². The lowest BCUT2D eigenvalue weighted by Gasteiger charge is -2.10. The summed E-state index contributed by atoms with van der Waals surface area (Å²) in [5, 5.41) is 0. The van der Waals surface area contributed by atoms with Crippen LogP contribution in [0, 0.1) is 0 Å². The molecule has 0 aliphatic rings. The fourth-order valence-corrected chi connectivity index (χ4v) is 2.09. The highest BCUT2D eigenvalue weighted by atomic mass is 32.2. The molecule has 0 aliphatic carbocycles. The van der Waals surface area contributed by atoms with E-state index in [9.17, 15) is 21.6 Å². The van der Waals surface area contributed by atoms with Gasteiger partial charge in [0.05, 0.1) is 7.11 Å². The number of methoxy groups -OCH3 is 1. The number of hydrogen-bond acceptors (Lipinski definition) is 4. The molecule has 0 fully saturated rings. The Morgan fingerprint density at radius 2 is 1.82 bits per heavy atom. The molecular weight excluding hydrogens is 261 g/mol. The van der Waals surface area contributed by atoms with E-state index in [2.05, 4.69) is 4.18 Å². The summed E-state index contributed by atoms with van der Waals surface area (Å²) >= 11 is 0. The van der Waals surface area contributed by atoms with Crippen molar-refractivity contribution in [2.75, 3.05) is 13.7 Å². The number of hydrogen-bond donors (Lipinski definition) is 0. The lowest BCUT2D eigenvalue weighted by molar-refractivity contribution is -0.152. The Morgan fingerprint density at radius 1 is 1.24 bits per heavy atom. The Kier molecular flexibility index (Phi) is 3.99. The van der Waals surface area contributed by atoms with Gasteiger partial charge in [0, 0.05) is 0 Å². The molecule has 0 aromatic heterocycles. The van der Waals surface area contributed by atoms with Crippen molar-refractivity contribution < 1.29 is 30.5 Å². The molecule has 0 heterocycles. The molecule has 1 rings (SSSR count). The summed E-state index contributed by atoms with van der Waals surface area (Å²) in [6.45, 7) is -1.87. The third-order valence-electron chi connectivity index (χ3n) is 1.72. The van der Waals surface area contributed by atoms with E-state index in [1.807, 2.05) is 0 Å². The quantitative estimate of drug-likeness (QED) is 0.785. The minimum Gasteiger partial charge on any atom is -0.495 e. The van der Waals surface area contributed by atoms with Gasteiger partial charge in [0.15, 0.2) is 6.61 Å². The van der Waals surface area contributed by atoms with E-state index in [1.165, 1.54) is 25.3 Å². The van der Waals surface area contributed by atoms with Gasteiger partial charge in [-0.05, 0) is 12.1 Å². The molecule has 0 atom stereocenters. The largest absolute Gasteiger partial charge is 0.495 e. The van der Waals surface area contributed by atoms with Crippen molar-refractivity contribution >= 4 is 10.1 Å². The normalized spacial score (nSPS) is 12.5. The van der Waals surface area contributed by atoms with Crippen LogP contribution in [-0.4, -0.2) is 28.3 Å². The zero-order chi connectivity index (χ0) is 13.1. The van der Waals surface area contributed by atoms with E-state index in [1.54, 1.807) is 0 Å². The van der Waals surface area contributed by atoms with Crippen LogP contribution >= 0.6 is 0 Å². The summed E-state index contributed by atoms with van der Waals surface area (Å²) in [4.78, 5) is -0.438. The van der Waals surface area contributed by atoms with Crippen molar-refractivity contribution in [2.24, 2.45) is 0 Å². The lowest BCUT2D eigenvalue weighted by Crippen LogP contribution is -2.20. The van der Waals surface area contributed by atoms with Crippen molar-refractivity contribution in [3.63, 3.8) is 0 Å². The molecule has 4 nitrogen and oxygen atoms in total. The number of benzene rings is 1. The summed E-state index contributed by atoms with van der Waals surface area (Å²) < 4.78 is 67.1. The molecule has 0 amide bonds. The molecule has 17 heavy (non-hydrogen) atoms. The van der Waals surface area contributed by atoms with Gasteiger partial charge in [-0.2, -0.15) is 21.6 Å². The third kappa shape index (κ3) is 3.90. The van der Waals surface area contributed by atoms with E-state index in [4.69, 9.17) is 4.74 Å². The Labute approximate surface area is 96.1 Å². The van der Waals surface area contributed by atoms with E-state index in [0.29, 0.717) is 0 Å². The average molecular weight is 270 g/mol. The average Bonchev–Trinajstić information content (AvgIpc) is 2.26. The van der Waals surface area contributed by atoms with Gasteiger partial charge in [-0.15, -0.1) is 0 Å². The Bertz CT molecular complexity index is 481. The zero-order valence-corrected chi connectivity index (χ0v) is 9.51. The van der Waals surface area contributed by atoms with Gasteiger partial charge in [-0.25, -0.2) is 0 Å². The first-order valence-corrected chi connectivity index (χ1v) is 5.76. The summed E-state index contributed by atoms with van der Waals surface area (Å²) in [7, 11) is -3.27. The van der Waals surface area contributed by atoms with Crippen molar-refractivity contribution in [1.29, 1.82) is 0 Å². The Balaban J connectivity index is 2.98. The monoisotopic (exact) mass is 270 g/mol. The number of ether oxygens (including phenoxy) is 1. The second-order valence-electron chi connectivity index (χ2n) is 2.98. The Morgan fingerprint density at radius 3 is 2.35 bits per heavy atom. The molecule has 1 aromatic rings. The maximum absolute atomic E-state index is 11.9. The van der Waals surface area contributed by atoms with Crippen LogP contribution < -0.4 is 4.74 Å². The van der Waals surface area contributed by atoms with Gasteiger partial charge in [0.1, 0.15) is 10.6 Å².